The molecule has 0 spiro atoms. The summed E-state index contributed by atoms with van der Waals surface area (Å²) in [6.45, 7) is 12.3. The van der Waals surface area contributed by atoms with E-state index in [2.05, 4.69) is 34.6 Å². The molecular formula is C22H40. The first-order chi connectivity index (χ1) is 10.4. The molecule has 0 amide bonds. The zero-order valence-electron chi connectivity index (χ0n) is 16.0. The second kappa shape index (κ2) is 6.14. The van der Waals surface area contributed by atoms with Crippen molar-refractivity contribution < 1.29 is 0 Å². The highest BCUT2D eigenvalue weighted by atomic mass is 14.9. The van der Waals surface area contributed by atoms with Crippen molar-refractivity contribution in [1.82, 2.24) is 0 Å². The third-order valence-corrected chi connectivity index (χ3v) is 8.04. The lowest BCUT2D eigenvalue weighted by molar-refractivity contribution is -0.384. The van der Waals surface area contributed by atoms with E-state index < -0.39 is 0 Å². The normalized spacial score (nSPS) is 43.1. The van der Waals surface area contributed by atoms with Crippen LogP contribution in [0, 0.1) is 40.4 Å². The Morgan fingerprint density at radius 3 is 2.27 bits per heavy atom. The lowest BCUT2D eigenvalue weighted by Crippen LogP contribution is -2.80. The Hall–Kier alpha value is 0. The van der Waals surface area contributed by atoms with Crippen LogP contribution in [0.3, 0.4) is 0 Å². The highest BCUT2D eigenvalue weighted by Crippen LogP contribution is 2.87. The van der Waals surface area contributed by atoms with E-state index in [0.29, 0.717) is 0 Å². The quantitative estimate of drug-likeness (QED) is 0.378. The SMILES string of the molecule is CCC(C)C1C2CC3(C)CC1(CCCCCCCC(C)C)C23. The van der Waals surface area contributed by atoms with Crippen LogP contribution in [0.1, 0.15) is 98.8 Å². The van der Waals surface area contributed by atoms with E-state index in [1.54, 1.807) is 19.3 Å². The molecule has 3 saturated carbocycles. The lowest BCUT2D eigenvalue weighted by Gasteiger charge is -2.86. The molecule has 3 rings (SSSR count). The predicted molar refractivity (Wildman–Crippen MR) is 96.9 cm³/mol. The Balaban J connectivity index is 1.40. The number of hydrogen-bond acceptors (Lipinski definition) is 0. The summed E-state index contributed by atoms with van der Waals surface area (Å²) in [4.78, 5) is 0. The van der Waals surface area contributed by atoms with Crippen molar-refractivity contribution in [1.29, 1.82) is 0 Å². The molecule has 6 atom stereocenters. The summed E-state index contributed by atoms with van der Waals surface area (Å²) in [5.41, 5.74) is 1.62. The van der Waals surface area contributed by atoms with Crippen molar-refractivity contribution >= 4 is 0 Å². The summed E-state index contributed by atoms with van der Waals surface area (Å²) in [7, 11) is 0. The van der Waals surface area contributed by atoms with Gasteiger partial charge in [-0.05, 0) is 59.7 Å². The first-order valence-electron chi connectivity index (χ1n) is 10.4. The molecule has 0 aromatic carbocycles. The molecule has 6 unspecified atom stereocenters. The van der Waals surface area contributed by atoms with Gasteiger partial charge in [0.25, 0.3) is 0 Å². The van der Waals surface area contributed by atoms with E-state index in [1.165, 1.54) is 44.9 Å². The molecule has 0 N–H and O–H groups in total. The molecule has 0 bridgehead atoms. The van der Waals surface area contributed by atoms with Crippen LogP contribution in [0.5, 0.6) is 0 Å². The summed E-state index contributed by atoms with van der Waals surface area (Å²) >= 11 is 0. The number of rotatable bonds is 10. The van der Waals surface area contributed by atoms with E-state index >= 15 is 0 Å². The molecule has 128 valence electrons. The van der Waals surface area contributed by atoms with E-state index in [1.807, 2.05) is 0 Å². The average Bonchev–Trinajstić information content (AvgIpc) is 2.44. The summed E-state index contributed by atoms with van der Waals surface area (Å²) in [5.74, 6) is 5.27. The maximum Gasteiger partial charge on any atom is -0.0222 e. The standard InChI is InChI=1S/C22H40/c1-6-17(4)19-18-14-21(5)15-22(19,20(18)21)13-11-9-7-8-10-12-16(2)3/h16-20H,6-15H2,1-5H3. The third-order valence-electron chi connectivity index (χ3n) is 8.04. The van der Waals surface area contributed by atoms with E-state index in [4.69, 9.17) is 0 Å². The maximum atomic E-state index is 2.59. The Labute approximate surface area is 139 Å². The monoisotopic (exact) mass is 304 g/mol. The fourth-order valence-corrected chi connectivity index (χ4v) is 7.33. The average molecular weight is 305 g/mol. The summed E-state index contributed by atoms with van der Waals surface area (Å²) in [5, 5.41) is 0. The second-order valence-corrected chi connectivity index (χ2v) is 10.0. The van der Waals surface area contributed by atoms with E-state index in [9.17, 15) is 0 Å². The molecule has 0 heterocycles. The second-order valence-electron chi connectivity index (χ2n) is 10.0. The predicted octanol–water partition coefficient (Wildman–Crippen LogP) is 7.08. The molecule has 3 aliphatic carbocycles. The first-order valence-corrected chi connectivity index (χ1v) is 10.4. The molecular weight excluding hydrogens is 264 g/mol. The lowest BCUT2D eigenvalue weighted by atomic mass is 9.18. The van der Waals surface area contributed by atoms with Crippen molar-refractivity contribution in [3.05, 3.63) is 0 Å². The van der Waals surface area contributed by atoms with E-state index in [0.717, 1.165) is 40.4 Å². The molecule has 0 aromatic rings. The minimum Gasteiger partial charge on any atom is -0.0651 e. The van der Waals surface area contributed by atoms with Crippen molar-refractivity contribution in [2.24, 2.45) is 40.4 Å². The van der Waals surface area contributed by atoms with Gasteiger partial charge >= 0.3 is 0 Å². The van der Waals surface area contributed by atoms with Gasteiger partial charge in [-0.1, -0.05) is 79.6 Å². The Morgan fingerprint density at radius 1 is 1.00 bits per heavy atom. The van der Waals surface area contributed by atoms with Crippen LogP contribution in [-0.2, 0) is 0 Å². The Bertz CT molecular complexity index is 383. The highest BCUT2D eigenvalue weighted by Gasteiger charge is 2.81. The van der Waals surface area contributed by atoms with Gasteiger partial charge in [-0.2, -0.15) is 0 Å². The molecule has 22 heavy (non-hydrogen) atoms. The van der Waals surface area contributed by atoms with Gasteiger partial charge in [0.2, 0.25) is 0 Å². The van der Waals surface area contributed by atoms with Crippen molar-refractivity contribution in [3.63, 3.8) is 0 Å². The van der Waals surface area contributed by atoms with Gasteiger partial charge in [0.15, 0.2) is 0 Å². The van der Waals surface area contributed by atoms with Gasteiger partial charge in [-0.15, -0.1) is 0 Å². The van der Waals surface area contributed by atoms with Gasteiger partial charge in [-0.25, -0.2) is 0 Å². The fourth-order valence-electron chi connectivity index (χ4n) is 7.33. The summed E-state index contributed by atoms with van der Waals surface area (Å²) < 4.78 is 0. The van der Waals surface area contributed by atoms with Gasteiger partial charge < -0.3 is 0 Å². The third kappa shape index (κ3) is 2.48. The molecule has 0 heteroatoms. The van der Waals surface area contributed by atoms with E-state index in [-0.39, 0.29) is 0 Å². The fraction of sp³-hybridized carbons (Fsp3) is 1.00. The van der Waals surface area contributed by atoms with Crippen LogP contribution in [0.2, 0.25) is 0 Å². The van der Waals surface area contributed by atoms with Crippen molar-refractivity contribution in [2.45, 2.75) is 98.8 Å². The minimum atomic E-state index is 0.798. The molecule has 0 aromatic heterocycles. The van der Waals surface area contributed by atoms with Gasteiger partial charge in [0.1, 0.15) is 0 Å². The highest BCUT2D eigenvalue weighted by molar-refractivity contribution is 5.29. The zero-order chi connectivity index (χ0) is 16.0. The largest absolute Gasteiger partial charge is 0.0651 e. The number of hydrogen-bond donors (Lipinski definition) is 0. The van der Waals surface area contributed by atoms with Crippen LogP contribution in [-0.4, -0.2) is 0 Å². The molecule has 0 saturated heterocycles. The van der Waals surface area contributed by atoms with Crippen molar-refractivity contribution in [3.8, 4) is 0 Å². The van der Waals surface area contributed by atoms with Gasteiger partial charge in [0.05, 0.1) is 0 Å². The van der Waals surface area contributed by atoms with Gasteiger partial charge in [0, 0.05) is 0 Å². The molecule has 0 nitrogen and oxygen atoms in total. The first kappa shape index (κ1) is 16.8. The zero-order valence-corrected chi connectivity index (χ0v) is 16.0. The summed E-state index contributed by atoms with van der Waals surface area (Å²) in [6, 6.07) is 0. The smallest absolute Gasteiger partial charge is 0.0222 e. The number of unbranched alkanes of at least 4 members (excludes halogenated alkanes) is 4. The maximum absolute atomic E-state index is 2.59. The van der Waals surface area contributed by atoms with Crippen LogP contribution in [0.4, 0.5) is 0 Å². The van der Waals surface area contributed by atoms with Crippen LogP contribution in [0.15, 0.2) is 0 Å². The molecule has 3 fully saturated rings. The Kier molecular flexibility index (Phi) is 4.70. The minimum absolute atomic E-state index is 0.798. The van der Waals surface area contributed by atoms with Crippen LogP contribution >= 0.6 is 0 Å². The molecule has 0 radical (unpaired) electrons. The molecule has 3 aliphatic rings. The van der Waals surface area contributed by atoms with Crippen molar-refractivity contribution in [2.75, 3.05) is 0 Å². The topological polar surface area (TPSA) is 0 Å². The molecule has 0 aliphatic heterocycles. The Morgan fingerprint density at radius 2 is 1.68 bits per heavy atom. The summed E-state index contributed by atoms with van der Waals surface area (Å²) in [6.07, 6.45) is 15.0. The van der Waals surface area contributed by atoms with Crippen LogP contribution in [0.25, 0.3) is 0 Å². The van der Waals surface area contributed by atoms with Crippen LogP contribution < -0.4 is 0 Å². The van der Waals surface area contributed by atoms with Gasteiger partial charge in [-0.3, -0.25) is 0 Å².